The third-order valence-corrected chi connectivity index (χ3v) is 3.20. The maximum Gasteiger partial charge on any atom is 0.0431 e. The number of aliphatic hydroxyl groups excluding tert-OH is 1. The molecule has 0 aliphatic heterocycles. The van der Waals surface area contributed by atoms with Gasteiger partial charge >= 0.3 is 0 Å². The van der Waals surface area contributed by atoms with Crippen LogP contribution in [-0.4, -0.2) is 42.4 Å². The van der Waals surface area contributed by atoms with Gasteiger partial charge in [0.25, 0.3) is 0 Å². The predicted molar refractivity (Wildman–Crippen MR) is 69.4 cm³/mol. The van der Waals surface area contributed by atoms with Gasteiger partial charge < -0.3 is 16.2 Å². The molecule has 3 nitrogen and oxygen atoms in total. The van der Waals surface area contributed by atoms with Crippen LogP contribution < -0.4 is 11.1 Å². The van der Waals surface area contributed by atoms with Gasteiger partial charge in [-0.2, -0.15) is 11.8 Å². The Kier molecular flexibility index (Phi) is 10.9. The summed E-state index contributed by atoms with van der Waals surface area (Å²) < 4.78 is 0. The quantitative estimate of drug-likeness (QED) is 0.497. The second-order valence-electron chi connectivity index (χ2n) is 4.00. The Hall–Kier alpha value is 0.230. The van der Waals surface area contributed by atoms with Gasteiger partial charge in [-0.3, -0.25) is 0 Å². The van der Waals surface area contributed by atoms with Crippen molar-refractivity contribution >= 4 is 11.8 Å². The average Bonchev–Trinajstić information content (AvgIpc) is 2.25. The molecule has 0 saturated carbocycles. The Bertz CT molecular complexity index is 136. The van der Waals surface area contributed by atoms with Gasteiger partial charge in [-0.1, -0.05) is 0 Å². The first-order valence-corrected chi connectivity index (χ1v) is 7.19. The molecule has 0 rings (SSSR count). The van der Waals surface area contributed by atoms with Gasteiger partial charge in [-0.15, -0.1) is 0 Å². The number of thioether (sulfide) groups is 1. The molecular weight excluding hydrogens is 208 g/mol. The van der Waals surface area contributed by atoms with Gasteiger partial charge in [0.2, 0.25) is 0 Å². The Balaban J connectivity index is 3.57. The standard InChI is InChI=1S/C11H26N2OS/c1-10(5-3-7-14)13-11(9-12)6-4-8-15-2/h10-11,13-14H,3-9,12H2,1-2H3. The van der Waals surface area contributed by atoms with Crippen LogP contribution >= 0.6 is 11.8 Å². The third kappa shape index (κ3) is 9.18. The van der Waals surface area contributed by atoms with Crippen molar-refractivity contribution in [1.29, 1.82) is 0 Å². The Morgan fingerprint density at radius 2 is 2.07 bits per heavy atom. The first kappa shape index (κ1) is 15.2. The van der Waals surface area contributed by atoms with E-state index in [1.807, 2.05) is 11.8 Å². The van der Waals surface area contributed by atoms with E-state index >= 15 is 0 Å². The molecule has 0 spiro atoms. The molecule has 0 bridgehead atoms. The number of nitrogens with two attached hydrogens (primary N) is 1. The third-order valence-electron chi connectivity index (χ3n) is 2.50. The second-order valence-corrected chi connectivity index (χ2v) is 4.99. The highest BCUT2D eigenvalue weighted by Gasteiger charge is 2.09. The summed E-state index contributed by atoms with van der Waals surface area (Å²) in [5.41, 5.74) is 5.71. The molecule has 2 unspecified atom stereocenters. The summed E-state index contributed by atoms with van der Waals surface area (Å²) in [4.78, 5) is 0. The lowest BCUT2D eigenvalue weighted by atomic mass is 10.1. The molecule has 92 valence electrons. The maximum absolute atomic E-state index is 8.72. The highest BCUT2D eigenvalue weighted by atomic mass is 32.2. The molecule has 0 saturated heterocycles. The van der Waals surface area contributed by atoms with Crippen LogP contribution in [-0.2, 0) is 0 Å². The Morgan fingerprint density at radius 3 is 2.60 bits per heavy atom. The molecular formula is C11H26N2OS. The number of aliphatic hydroxyl groups is 1. The lowest BCUT2D eigenvalue weighted by molar-refractivity contribution is 0.273. The van der Waals surface area contributed by atoms with Crippen molar-refractivity contribution in [2.75, 3.05) is 25.2 Å². The molecule has 0 aromatic rings. The summed E-state index contributed by atoms with van der Waals surface area (Å²) in [5, 5.41) is 12.2. The first-order valence-electron chi connectivity index (χ1n) is 5.80. The zero-order valence-corrected chi connectivity index (χ0v) is 10.9. The SMILES string of the molecule is CSCCCC(CN)NC(C)CCCO. The zero-order valence-electron chi connectivity index (χ0n) is 10.0. The van der Waals surface area contributed by atoms with E-state index in [4.69, 9.17) is 10.8 Å². The Morgan fingerprint density at radius 1 is 1.33 bits per heavy atom. The molecule has 0 heterocycles. The van der Waals surface area contributed by atoms with Crippen molar-refractivity contribution in [2.45, 2.75) is 44.7 Å². The van der Waals surface area contributed by atoms with Crippen molar-refractivity contribution in [2.24, 2.45) is 5.73 Å². The lowest BCUT2D eigenvalue weighted by Crippen LogP contribution is -2.41. The normalized spacial score (nSPS) is 15.2. The molecule has 0 aliphatic carbocycles. The van der Waals surface area contributed by atoms with Gasteiger partial charge in [0, 0.05) is 25.2 Å². The van der Waals surface area contributed by atoms with Crippen molar-refractivity contribution in [3.05, 3.63) is 0 Å². The van der Waals surface area contributed by atoms with Gasteiger partial charge in [-0.05, 0) is 44.6 Å². The van der Waals surface area contributed by atoms with Gasteiger partial charge in [-0.25, -0.2) is 0 Å². The molecule has 0 aromatic carbocycles. The summed E-state index contributed by atoms with van der Waals surface area (Å²) in [6.45, 7) is 3.15. The van der Waals surface area contributed by atoms with Crippen LogP contribution in [0.3, 0.4) is 0 Å². The molecule has 0 aromatic heterocycles. The van der Waals surface area contributed by atoms with Crippen molar-refractivity contribution < 1.29 is 5.11 Å². The minimum atomic E-state index is 0.284. The topological polar surface area (TPSA) is 58.3 Å². The fraction of sp³-hybridized carbons (Fsp3) is 1.00. The monoisotopic (exact) mass is 234 g/mol. The van der Waals surface area contributed by atoms with Crippen LogP contribution in [0.2, 0.25) is 0 Å². The van der Waals surface area contributed by atoms with Crippen LogP contribution in [0.25, 0.3) is 0 Å². The van der Waals surface area contributed by atoms with Gasteiger partial charge in [0.15, 0.2) is 0 Å². The van der Waals surface area contributed by atoms with E-state index < -0.39 is 0 Å². The summed E-state index contributed by atoms with van der Waals surface area (Å²) >= 11 is 1.89. The average molecular weight is 234 g/mol. The number of nitrogens with one attached hydrogen (secondary N) is 1. The van der Waals surface area contributed by atoms with Crippen molar-refractivity contribution in [1.82, 2.24) is 5.32 Å². The largest absolute Gasteiger partial charge is 0.396 e. The number of hydrogen-bond acceptors (Lipinski definition) is 4. The fourth-order valence-corrected chi connectivity index (χ4v) is 2.08. The van der Waals surface area contributed by atoms with E-state index in [0.29, 0.717) is 18.6 Å². The van der Waals surface area contributed by atoms with E-state index in [9.17, 15) is 0 Å². The number of hydrogen-bond donors (Lipinski definition) is 3. The minimum Gasteiger partial charge on any atom is -0.396 e. The fourth-order valence-electron chi connectivity index (χ4n) is 1.63. The smallest absolute Gasteiger partial charge is 0.0431 e. The molecule has 0 aliphatic rings. The highest BCUT2D eigenvalue weighted by molar-refractivity contribution is 7.98. The molecule has 2 atom stereocenters. The molecule has 0 amide bonds. The van der Waals surface area contributed by atoms with E-state index in [-0.39, 0.29) is 6.61 Å². The maximum atomic E-state index is 8.72. The van der Waals surface area contributed by atoms with Crippen molar-refractivity contribution in [3.63, 3.8) is 0 Å². The van der Waals surface area contributed by atoms with Crippen LogP contribution in [0.5, 0.6) is 0 Å². The van der Waals surface area contributed by atoms with Crippen LogP contribution in [0.1, 0.15) is 32.6 Å². The zero-order chi connectivity index (χ0) is 11.5. The minimum absolute atomic E-state index is 0.284. The summed E-state index contributed by atoms with van der Waals surface area (Å²) in [5.74, 6) is 1.21. The summed E-state index contributed by atoms with van der Waals surface area (Å²) in [6.07, 6.45) is 6.41. The molecule has 0 fully saturated rings. The predicted octanol–water partition coefficient (Wildman–Crippen LogP) is 1.21. The van der Waals surface area contributed by atoms with Gasteiger partial charge in [0.1, 0.15) is 0 Å². The van der Waals surface area contributed by atoms with Crippen LogP contribution in [0.15, 0.2) is 0 Å². The first-order chi connectivity index (χ1) is 7.24. The van der Waals surface area contributed by atoms with E-state index in [1.165, 1.54) is 12.2 Å². The summed E-state index contributed by atoms with van der Waals surface area (Å²) in [7, 11) is 0. The van der Waals surface area contributed by atoms with E-state index in [2.05, 4.69) is 18.5 Å². The van der Waals surface area contributed by atoms with Gasteiger partial charge in [0.05, 0.1) is 0 Å². The highest BCUT2D eigenvalue weighted by Crippen LogP contribution is 2.04. The number of rotatable bonds is 10. The van der Waals surface area contributed by atoms with E-state index in [1.54, 1.807) is 0 Å². The Labute approximate surface area is 98.2 Å². The molecule has 0 radical (unpaired) electrons. The van der Waals surface area contributed by atoms with Crippen LogP contribution in [0, 0.1) is 0 Å². The molecule has 4 heteroatoms. The van der Waals surface area contributed by atoms with Crippen LogP contribution in [0.4, 0.5) is 0 Å². The van der Waals surface area contributed by atoms with E-state index in [0.717, 1.165) is 19.3 Å². The molecule has 4 N–H and O–H groups in total. The summed E-state index contributed by atoms with van der Waals surface area (Å²) in [6, 6.07) is 0.894. The molecule has 15 heavy (non-hydrogen) atoms. The van der Waals surface area contributed by atoms with Crippen molar-refractivity contribution in [3.8, 4) is 0 Å². The lowest BCUT2D eigenvalue weighted by Gasteiger charge is -2.21. The second kappa shape index (κ2) is 10.7.